The van der Waals surface area contributed by atoms with Gasteiger partial charge in [-0.15, -0.1) is 0 Å². The fourth-order valence-electron chi connectivity index (χ4n) is 4.81. The van der Waals surface area contributed by atoms with E-state index in [4.69, 9.17) is 14.9 Å². The van der Waals surface area contributed by atoms with Crippen LogP contribution in [-0.4, -0.2) is 77.3 Å². The number of Topliss-reactive ketones (excluding diaryl/α,β-unsaturated/α-hetero) is 1. The first-order chi connectivity index (χ1) is 20.7. The molecule has 1 aliphatic heterocycles. The maximum Gasteiger partial charge on any atom is 0.389 e. The van der Waals surface area contributed by atoms with Gasteiger partial charge in [-0.25, -0.2) is 9.59 Å². The molecule has 0 bridgehead atoms. The van der Waals surface area contributed by atoms with Crippen LogP contribution in [-0.2, 0) is 35.3 Å². The second-order valence-electron chi connectivity index (χ2n) is 12.6. The van der Waals surface area contributed by atoms with Crippen molar-refractivity contribution in [1.29, 1.82) is 0 Å². The summed E-state index contributed by atoms with van der Waals surface area (Å²) in [6.07, 6.45) is -5.52. The van der Waals surface area contributed by atoms with E-state index in [0.717, 1.165) is 0 Å². The molecule has 2 heterocycles. The third-order valence-electron chi connectivity index (χ3n) is 7.22. The van der Waals surface area contributed by atoms with Gasteiger partial charge in [-0.1, -0.05) is 41.5 Å². The largest absolute Gasteiger partial charge is 0.466 e. The number of likely N-dealkylation sites (tertiary alicyclic amines) is 1. The first-order valence-electron chi connectivity index (χ1n) is 14.5. The van der Waals surface area contributed by atoms with Crippen LogP contribution in [0.3, 0.4) is 0 Å². The Balaban J connectivity index is 2.20. The summed E-state index contributed by atoms with van der Waals surface area (Å²) in [5.41, 5.74) is 4.07. The Labute approximate surface area is 259 Å². The van der Waals surface area contributed by atoms with E-state index in [1.54, 1.807) is 53.7 Å². The van der Waals surface area contributed by atoms with Crippen molar-refractivity contribution >= 4 is 35.5 Å². The maximum atomic E-state index is 13.9. The summed E-state index contributed by atoms with van der Waals surface area (Å²) in [7, 11) is 0. The number of nitrogens with one attached hydrogen (secondary N) is 3. The number of halogens is 3. The van der Waals surface area contributed by atoms with Crippen LogP contribution in [0.25, 0.3) is 0 Å². The van der Waals surface area contributed by atoms with Gasteiger partial charge < -0.3 is 35.7 Å². The van der Waals surface area contributed by atoms with Crippen LogP contribution in [0.2, 0.25) is 0 Å². The summed E-state index contributed by atoms with van der Waals surface area (Å²) in [6.45, 7) is 10.0. The number of esters is 1. The highest BCUT2D eigenvalue weighted by molar-refractivity contribution is 6.37. The highest BCUT2D eigenvalue weighted by Gasteiger charge is 2.45. The molecule has 13 nitrogen and oxygen atoms in total. The summed E-state index contributed by atoms with van der Waals surface area (Å²) in [6, 6.07) is -2.98. The van der Waals surface area contributed by atoms with Crippen molar-refractivity contribution < 1.29 is 51.1 Å². The number of primary amides is 1. The van der Waals surface area contributed by atoms with E-state index in [9.17, 15) is 41.9 Å². The lowest BCUT2D eigenvalue weighted by atomic mass is 9.85. The molecule has 0 aromatic carbocycles. The van der Waals surface area contributed by atoms with Crippen molar-refractivity contribution in [3.05, 3.63) is 24.2 Å². The first kappa shape index (κ1) is 37.1. The lowest BCUT2D eigenvalue weighted by Gasteiger charge is -2.36. The fourth-order valence-corrected chi connectivity index (χ4v) is 4.81. The minimum atomic E-state index is -4.66. The van der Waals surface area contributed by atoms with Gasteiger partial charge in [0.2, 0.25) is 17.6 Å². The molecule has 5 atom stereocenters. The molecule has 0 spiro atoms. The Bertz CT molecular complexity index is 1230. The van der Waals surface area contributed by atoms with Crippen molar-refractivity contribution in [2.75, 3.05) is 6.54 Å². The summed E-state index contributed by atoms with van der Waals surface area (Å²) < 4.78 is 48.9. The Morgan fingerprint density at radius 1 is 1.09 bits per heavy atom. The van der Waals surface area contributed by atoms with E-state index in [1.165, 1.54) is 11.2 Å². The Hall–Kier alpha value is -4.11. The van der Waals surface area contributed by atoms with Crippen LogP contribution in [0.5, 0.6) is 0 Å². The molecular formula is C29H42F3N5O8. The van der Waals surface area contributed by atoms with E-state index in [0.29, 0.717) is 5.76 Å². The number of nitrogens with two attached hydrogens (primary N) is 1. The number of ketones is 1. The number of furan rings is 1. The first-order valence-corrected chi connectivity index (χ1v) is 14.5. The van der Waals surface area contributed by atoms with E-state index in [2.05, 4.69) is 16.0 Å². The third kappa shape index (κ3) is 11.1. The van der Waals surface area contributed by atoms with Crippen molar-refractivity contribution in [2.45, 2.75) is 97.8 Å². The molecule has 252 valence electrons. The molecule has 5 N–H and O–H groups in total. The zero-order valence-corrected chi connectivity index (χ0v) is 26.2. The van der Waals surface area contributed by atoms with Gasteiger partial charge in [0.1, 0.15) is 30.5 Å². The van der Waals surface area contributed by atoms with Gasteiger partial charge in [0, 0.05) is 13.0 Å². The maximum absolute atomic E-state index is 13.9. The van der Waals surface area contributed by atoms with E-state index >= 15 is 0 Å². The van der Waals surface area contributed by atoms with Crippen molar-refractivity contribution in [3.8, 4) is 0 Å². The molecule has 1 aliphatic rings. The summed E-state index contributed by atoms with van der Waals surface area (Å²) in [4.78, 5) is 77.8. The molecule has 0 aliphatic carbocycles. The molecule has 1 saturated heterocycles. The van der Waals surface area contributed by atoms with Crippen molar-refractivity contribution in [3.63, 3.8) is 0 Å². The van der Waals surface area contributed by atoms with Gasteiger partial charge >= 0.3 is 18.2 Å². The van der Waals surface area contributed by atoms with E-state index in [-0.39, 0.29) is 25.5 Å². The summed E-state index contributed by atoms with van der Waals surface area (Å²) >= 11 is 0. The van der Waals surface area contributed by atoms with Crippen LogP contribution in [0.1, 0.15) is 66.6 Å². The molecule has 1 fully saturated rings. The molecule has 5 amide bonds. The minimum Gasteiger partial charge on any atom is -0.466 e. The number of alkyl halides is 3. The smallest absolute Gasteiger partial charge is 0.389 e. The second kappa shape index (κ2) is 15.3. The van der Waals surface area contributed by atoms with Crippen LogP contribution in [0, 0.1) is 17.3 Å². The predicted octanol–water partition coefficient (Wildman–Crippen LogP) is 2.18. The molecule has 1 aromatic rings. The Morgan fingerprint density at radius 2 is 1.73 bits per heavy atom. The van der Waals surface area contributed by atoms with Gasteiger partial charge in [-0.2, -0.15) is 13.2 Å². The van der Waals surface area contributed by atoms with E-state index in [1.807, 2.05) is 0 Å². The van der Waals surface area contributed by atoms with Gasteiger partial charge in [-0.3, -0.25) is 19.2 Å². The molecular weight excluding hydrogens is 603 g/mol. The van der Waals surface area contributed by atoms with Gasteiger partial charge in [0.15, 0.2) is 0 Å². The predicted molar refractivity (Wildman–Crippen MR) is 153 cm³/mol. The lowest BCUT2D eigenvalue weighted by molar-refractivity contribution is -0.149. The van der Waals surface area contributed by atoms with Crippen LogP contribution >= 0.6 is 0 Å². The number of ether oxygens (including phenoxy) is 1. The standard InChI is InChI=1S/C29H42F3N5O8/c1-15(2)20(26(42)45-14-17-8-7-11-44-17)35-27(43)36-22(28(4,5)6)25(41)37-13-16(3)12-19(37)24(40)34-18(21(38)23(33)39)9-10-29(30,31)32/h7-8,11,15-16,18-20,22H,9-10,12-14H2,1-6H3,(H2,33,39)(H,34,40)(H2,35,36,43)/t16-,18?,19+,20?,22?/m1/s1. The number of nitrogens with zero attached hydrogens (tertiary/aromatic N) is 1. The number of carbonyl (C=O) groups is 6. The van der Waals surface area contributed by atoms with Crippen LogP contribution in [0.4, 0.5) is 18.0 Å². The topological polar surface area (TPSA) is 190 Å². The number of urea groups is 1. The van der Waals surface area contributed by atoms with Gasteiger partial charge in [0.05, 0.1) is 12.3 Å². The number of hydrogen-bond acceptors (Lipinski definition) is 8. The van der Waals surface area contributed by atoms with Crippen LogP contribution in [0.15, 0.2) is 22.8 Å². The quantitative estimate of drug-likeness (QED) is 0.185. The monoisotopic (exact) mass is 645 g/mol. The van der Waals surface area contributed by atoms with Gasteiger partial charge in [-0.05, 0) is 42.2 Å². The number of carbonyl (C=O) groups excluding carboxylic acids is 6. The highest BCUT2D eigenvalue weighted by Crippen LogP contribution is 2.29. The van der Waals surface area contributed by atoms with Crippen molar-refractivity contribution in [2.24, 2.45) is 23.0 Å². The zero-order valence-electron chi connectivity index (χ0n) is 26.2. The highest BCUT2D eigenvalue weighted by atomic mass is 19.4. The molecule has 1 aromatic heterocycles. The number of hydrogen-bond donors (Lipinski definition) is 4. The molecule has 16 heteroatoms. The third-order valence-corrected chi connectivity index (χ3v) is 7.22. The Kier molecular flexibility index (Phi) is 12.6. The fraction of sp³-hybridized carbons (Fsp3) is 0.655. The van der Waals surface area contributed by atoms with E-state index < -0.39 is 90.0 Å². The van der Waals surface area contributed by atoms with Crippen molar-refractivity contribution in [1.82, 2.24) is 20.9 Å². The SMILES string of the molecule is CC(C)C(NC(=O)NC(C(=O)N1C[C@H](C)C[C@H]1C(=O)NC(CCC(F)(F)F)C(=O)C(N)=O)C(C)(C)C)C(=O)OCc1ccco1. The molecule has 0 saturated carbocycles. The molecule has 2 rings (SSSR count). The molecule has 0 radical (unpaired) electrons. The number of rotatable bonds is 13. The molecule has 45 heavy (non-hydrogen) atoms. The summed E-state index contributed by atoms with van der Waals surface area (Å²) in [5, 5.41) is 7.29. The lowest BCUT2D eigenvalue weighted by Crippen LogP contribution is -2.61. The normalized spacial score (nSPS) is 18.9. The van der Waals surface area contributed by atoms with Crippen LogP contribution < -0.4 is 21.7 Å². The minimum absolute atomic E-state index is 0.0670. The average Bonchev–Trinajstić information content (AvgIpc) is 3.58. The second-order valence-corrected chi connectivity index (χ2v) is 12.6. The number of amides is 5. The zero-order chi connectivity index (χ0) is 34.3. The average molecular weight is 646 g/mol. The van der Waals surface area contributed by atoms with Gasteiger partial charge in [0.25, 0.3) is 5.91 Å². The Morgan fingerprint density at radius 3 is 2.24 bits per heavy atom. The molecule has 3 unspecified atom stereocenters. The summed E-state index contributed by atoms with van der Waals surface area (Å²) in [5.74, 6) is -5.47.